The highest BCUT2D eigenvalue weighted by molar-refractivity contribution is 5.51. The number of hydrogen-bond donors (Lipinski definition) is 1. The van der Waals surface area contributed by atoms with Crippen LogP contribution in [0.3, 0.4) is 0 Å². The minimum atomic E-state index is -0.932. The molecule has 0 aliphatic carbocycles. The highest BCUT2D eigenvalue weighted by Gasteiger charge is 2.34. The molecule has 0 bridgehead atoms. The number of fused-ring (bicyclic) bond motifs is 1. The second-order valence-electron chi connectivity index (χ2n) is 7.72. The summed E-state index contributed by atoms with van der Waals surface area (Å²) in [6.45, 7) is 6.95. The van der Waals surface area contributed by atoms with Gasteiger partial charge in [-0.15, -0.1) is 0 Å². The van der Waals surface area contributed by atoms with E-state index in [0.717, 1.165) is 35.8 Å². The summed E-state index contributed by atoms with van der Waals surface area (Å²) in [6.07, 6.45) is 1.15. The molecule has 3 heterocycles. The van der Waals surface area contributed by atoms with Crippen LogP contribution >= 0.6 is 0 Å². The second-order valence-corrected chi connectivity index (χ2v) is 7.72. The van der Waals surface area contributed by atoms with Crippen LogP contribution in [-0.4, -0.2) is 51.9 Å². The number of piperidine rings is 1. The standard InChI is InChI=1S/C21H27N3O5/c1-3-27-17-11-19-18(28-14-29-19)10-16(17)12-23-8-6-21(26,7-9-23)13-24-20(25)5-4-15(2)22-24/h4-5,10-11,26H,3,6-9,12-14H2,1-2H3. The SMILES string of the molecule is CCOc1cc2c(cc1CN1CCC(O)(Cn3nc(C)ccc3=O)CC1)OCO2. The van der Waals surface area contributed by atoms with Crippen molar-refractivity contribution in [3.63, 3.8) is 0 Å². The Kier molecular flexibility index (Phi) is 5.47. The molecule has 0 unspecified atom stereocenters. The fraction of sp³-hybridized carbons (Fsp3) is 0.524. The number of rotatable bonds is 6. The maximum absolute atomic E-state index is 12.0. The summed E-state index contributed by atoms with van der Waals surface area (Å²) in [5, 5.41) is 15.3. The Bertz CT molecular complexity index is 934. The summed E-state index contributed by atoms with van der Waals surface area (Å²) in [7, 11) is 0. The van der Waals surface area contributed by atoms with Crippen molar-refractivity contribution in [1.29, 1.82) is 0 Å². The van der Waals surface area contributed by atoms with Crippen LogP contribution in [0.4, 0.5) is 0 Å². The van der Waals surface area contributed by atoms with Gasteiger partial charge in [0.15, 0.2) is 11.5 Å². The highest BCUT2D eigenvalue weighted by Crippen LogP contribution is 2.39. The average molecular weight is 401 g/mol. The molecule has 1 aromatic carbocycles. The number of hydrogen-bond acceptors (Lipinski definition) is 7. The van der Waals surface area contributed by atoms with E-state index in [9.17, 15) is 9.90 Å². The average Bonchev–Trinajstić information content (AvgIpc) is 3.14. The lowest BCUT2D eigenvalue weighted by Gasteiger charge is -2.38. The smallest absolute Gasteiger partial charge is 0.266 e. The van der Waals surface area contributed by atoms with Gasteiger partial charge in [0, 0.05) is 37.3 Å². The normalized spacial score (nSPS) is 18.0. The van der Waals surface area contributed by atoms with Crippen molar-refractivity contribution in [3.8, 4) is 17.2 Å². The lowest BCUT2D eigenvalue weighted by molar-refractivity contribution is -0.0391. The van der Waals surface area contributed by atoms with Crippen LogP contribution in [0.2, 0.25) is 0 Å². The molecular formula is C21H27N3O5. The Balaban J connectivity index is 1.42. The Morgan fingerprint density at radius 2 is 1.93 bits per heavy atom. The summed E-state index contributed by atoms with van der Waals surface area (Å²) in [5.74, 6) is 2.25. The minimum Gasteiger partial charge on any atom is -0.493 e. The molecule has 8 heteroatoms. The van der Waals surface area contributed by atoms with Gasteiger partial charge in [0.25, 0.3) is 5.56 Å². The molecule has 4 rings (SSSR count). The van der Waals surface area contributed by atoms with Gasteiger partial charge >= 0.3 is 0 Å². The van der Waals surface area contributed by atoms with Crippen LogP contribution in [0, 0.1) is 6.92 Å². The van der Waals surface area contributed by atoms with Crippen molar-refractivity contribution in [1.82, 2.24) is 14.7 Å². The first-order chi connectivity index (χ1) is 14.0. The van der Waals surface area contributed by atoms with E-state index in [1.165, 1.54) is 10.7 Å². The Morgan fingerprint density at radius 1 is 1.21 bits per heavy atom. The predicted octanol–water partition coefficient (Wildman–Crippen LogP) is 1.71. The molecule has 1 fully saturated rings. The van der Waals surface area contributed by atoms with Crippen LogP contribution in [0.15, 0.2) is 29.1 Å². The summed E-state index contributed by atoms with van der Waals surface area (Å²) >= 11 is 0. The molecule has 2 aromatic rings. The number of benzene rings is 1. The van der Waals surface area contributed by atoms with Crippen molar-refractivity contribution in [2.75, 3.05) is 26.5 Å². The van der Waals surface area contributed by atoms with E-state index in [0.29, 0.717) is 31.7 Å². The minimum absolute atomic E-state index is 0.187. The third-order valence-corrected chi connectivity index (χ3v) is 5.48. The molecule has 1 aromatic heterocycles. The third kappa shape index (κ3) is 4.38. The zero-order valence-corrected chi connectivity index (χ0v) is 16.9. The maximum atomic E-state index is 12.0. The van der Waals surface area contributed by atoms with E-state index in [1.54, 1.807) is 6.07 Å². The van der Waals surface area contributed by atoms with Crippen molar-refractivity contribution < 1.29 is 19.3 Å². The number of aromatic nitrogens is 2. The molecule has 8 nitrogen and oxygen atoms in total. The molecule has 0 spiro atoms. The van der Waals surface area contributed by atoms with Crippen LogP contribution in [-0.2, 0) is 13.1 Å². The summed E-state index contributed by atoms with van der Waals surface area (Å²) < 4.78 is 18.1. The van der Waals surface area contributed by atoms with E-state index < -0.39 is 5.60 Å². The zero-order chi connectivity index (χ0) is 20.4. The first-order valence-corrected chi connectivity index (χ1v) is 10.0. The molecular weight excluding hydrogens is 374 g/mol. The van der Waals surface area contributed by atoms with E-state index in [1.807, 2.05) is 26.0 Å². The topological polar surface area (TPSA) is 86.1 Å². The van der Waals surface area contributed by atoms with Gasteiger partial charge in [-0.3, -0.25) is 9.69 Å². The maximum Gasteiger partial charge on any atom is 0.266 e. The Morgan fingerprint density at radius 3 is 2.66 bits per heavy atom. The summed E-state index contributed by atoms with van der Waals surface area (Å²) in [4.78, 5) is 14.3. The van der Waals surface area contributed by atoms with Crippen LogP contribution in [0.1, 0.15) is 31.0 Å². The fourth-order valence-corrected chi connectivity index (χ4v) is 3.85. The van der Waals surface area contributed by atoms with Gasteiger partial charge in [0.05, 0.1) is 24.4 Å². The fourth-order valence-electron chi connectivity index (χ4n) is 3.85. The largest absolute Gasteiger partial charge is 0.493 e. The molecule has 0 radical (unpaired) electrons. The van der Waals surface area contributed by atoms with Gasteiger partial charge in [0.2, 0.25) is 6.79 Å². The number of likely N-dealkylation sites (tertiary alicyclic amines) is 1. The lowest BCUT2D eigenvalue weighted by Crippen LogP contribution is -2.48. The molecule has 0 atom stereocenters. The van der Waals surface area contributed by atoms with Crippen molar-refractivity contribution >= 4 is 0 Å². The molecule has 2 aliphatic heterocycles. The molecule has 0 amide bonds. The molecule has 0 saturated carbocycles. The Labute approximate surface area is 169 Å². The molecule has 1 N–H and O–H groups in total. The molecule has 1 saturated heterocycles. The third-order valence-electron chi connectivity index (χ3n) is 5.48. The van der Waals surface area contributed by atoms with Crippen LogP contribution < -0.4 is 19.8 Å². The molecule has 2 aliphatic rings. The molecule has 29 heavy (non-hydrogen) atoms. The number of aryl methyl sites for hydroxylation is 1. The number of ether oxygens (including phenoxy) is 3. The predicted molar refractivity (Wildman–Crippen MR) is 106 cm³/mol. The van der Waals surface area contributed by atoms with E-state index in [2.05, 4.69) is 10.00 Å². The van der Waals surface area contributed by atoms with E-state index >= 15 is 0 Å². The number of nitrogens with zero attached hydrogens (tertiary/aromatic N) is 3. The van der Waals surface area contributed by atoms with Crippen LogP contribution in [0.25, 0.3) is 0 Å². The Hall–Kier alpha value is -2.58. The highest BCUT2D eigenvalue weighted by atomic mass is 16.7. The summed E-state index contributed by atoms with van der Waals surface area (Å²) in [5.41, 5.74) is 0.682. The van der Waals surface area contributed by atoms with Crippen LogP contribution in [0.5, 0.6) is 17.2 Å². The van der Waals surface area contributed by atoms with Gasteiger partial charge in [-0.25, -0.2) is 4.68 Å². The quantitative estimate of drug-likeness (QED) is 0.789. The van der Waals surface area contributed by atoms with Crippen molar-refractivity contribution in [2.45, 2.75) is 45.4 Å². The number of aliphatic hydroxyl groups is 1. The van der Waals surface area contributed by atoms with Crippen molar-refractivity contribution in [2.24, 2.45) is 0 Å². The van der Waals surface area contributed by atoms with Gasteiger partial charge in [-0.05, 0) is 38.8 Å². The lowest BCUT2D eigenvalue weighted by atomic mass is 9.91. The monoisotopic (exact) mass is 401 g/mol. The molecule has 156 valence electrons. The van der Waals surface area contributed by atoms with Gasteiger partial charge in [-0.1, -0.05) is 0 Å². The zero-order valence-electron chi connectivity index (χ0n) is 16.9. The van der Waals surface area contributed by atoms with Crippen molar-refractivity contribution in [3.05, 3.63) is 45.9 Å². The summed E-state index contributed by atoms with van der Waals surface area (Å²) in [6, 6.07) is 7.05. The van der Waals surface area contributed by atoms with Gasteiger partial charge < -0.3 is 19.3 Å². The second kappa shape index (κ2) is 8.04. The first kappa shape index (κ1) is 19.7. The van der Waals surface area contributed by atoms with E-state index in [4.69, 9.17) is 14.2 Å². The van der Waals surface area contributed by atoms with Gasteiger partial charge in [-0.2, -0.15) is 5.10 Å². The van der Waals surface area contributed by atoms with Gasteiger partial charge in [0.1, 0.15) is 5.75 Å². The van der Waals surface area contributed by atoms with E-state index in [-0.39, 0.29) is 18.9 Å². The first-order valence-electron chi connectivity index (χ1n) is 10.0.